The van der Waals surface area contributed by atoms with Crippen molar-refractivity contribution < 1.29 is 0 Å². The summed E-state index contributed by atoms with van der Waals surface area (Å²) < 4.78 is 1.85. The molecule has 0 radical (unpaired) electrons. The van der Waals surface area contributed by atoms with Crippen LogP contribution in [0.3, 0.4) is 0 Å². The number of hydrogen-bond donors (Lipinski definition) is 0. The summed E-state index contributed by atoms with van der Waals surface area (Å²) in [5, 5.41) is 4.20. The van der Waals surface area contributed by atoms with E-state index in [1.165, 1.54) is 11.1 Å². The van der Waals surface area contributed by atoms with E-state index in [0.717, 1.165) is 6.42 Å². The molecule has 0 aliphatic carbocycles. The van der Waals surface area contributed by atoms with Crippen molar-refractivity contribution in [1.82, 2.24) is 9.78 Å². The third kappa shape index (κ3) is 3.19. The number of nitrogens with zero attached hydrogens (tertiary/aromatic N) is 2. The number of alkyl halides is 1. The van der Waals surface area contributed by atoms with Gasteiger partial charge in [-0.1, -0.05) is 53.2 Å². The molecule has 3 heteroatoms. The van der Waals surface area contributed by atoms with Crippen LogP contribution in [0.4, 0.5) is 0 Å². The van der Waals surface area contributed by atoms with E-state index < -0.39 is 0 Å². The lowest BCUT2D eigenvalue weighted by Crippen LogP contribution is -2.06. The van der Waals surface area contributed by atoms with Gasteiger partial charge in [-0.2, -0.15) is 5.10 Å². The normalized spacial score (nSPS) is 14.5. The van der Waals surface area contributed by atoms with Crippen LogP contribution >= 0.6 is 15.9 Å². The van der Waals surface area contributed by atoms with Crippen LogP contribution in [0.25, 0.3) is 0 Å². The van der Waals surface area contributed by atoms with Crippen LogP contribution in [0.15, 0.2) is 42.7 Å². The second-order valence-electron chi connectivity index (χ2n) is 4.52. The third-order valence-corrected chi connectivity index (χ3v) is 4.36. The first-order valence-electron chi connectivity index (χ1n) is 5.83. The van der Waals surface area contributed by atoms with E-state index in [2.05, 4.69) is 64.5 Å². The molecule has 17 heavy (non-hydrogen) atoms. The van der Waals surface area contributed by atoms with Crippen LogP contribution < -0.4 is 0 Å². The number of halogens is 1. The van der Waals surface area contributed by atoms with Crippen molar-refractivity contribution in [2.75, 3.05) is 0 Å². The van der Waals surface area contributed by atoms with Crippen molar-refractivity contribution in [2.45, 2.75) is 18.2 Å². The molecule has 2 nitrogen and oxygen atoms in total. The van der Waals surface area contributed by atoms with Crippen LogP contribution in [-0.2, 0) is 13.5 Å². The maximum absolute atomic E-state index is 4.20. The Morgan fingerprint density at radius 1 is 1.29 bits per heavy atom. The highest BCUT2D eigenvalue weighted by atomic mass is 79.9. The maximum Gasteiger partial charge on any atom is 0.0521 e. The second-order valence-corrected chi connectivity index (χ2v) is 5.50. The molecular weight excluding hydrogens is 276 g/mol. The lowest BCUT2D eigenvalue weighted by Gasteiger charge is -2.17. The molecule has 90 valence electrons. The smallest absolute Gasteiger partial charge is 0.0521 e. The molecule has 0 aliphatic rings. The molecule has 2 rings (SSSR count). The molecule has 0 N–H and O–H groups in total. The van der Waals surface area contributed by atoms with E-state index in [0.29, 0.717) is 10.7 Å². The largest absolute Gasteiger partial charge is 0.276 e. The summed E-state index contributed by atoms with van der Waals surface area (Å²) in [5.41, 5.74) is 2.63. The van der Waals surface area contributed by atoms with Gasteiger partial charge in [0.2, 0.25) is 0 Å². The van der Waals surface area contributed by atoms with Crippen molar-refractivity contribution in [3.8, 4) is 0 Å². The Hall–Kier alpha value is -1.09. The van der Waals surface area contributed by atoms with Gasteiger partial charge in [-0.05, 0) is 23.5 Å². The molecule has 2 unspecified atom stereocenters. The number of hydrogen-bond acceptors (Lipinski definition) is 1. The van der Waals surface area contributed by atoms with Crippen LogP contribution in [0, 0.1) is 5.92 Å². The standard InChI is InChI=1S/C14H17BrN2/c1-11(8-12-9-16-17(2)10-12)14(15)13-6-4-3-5-7-13/h3-7,9-11,14H,8H2,1-2H3. The molecule has 0 fully saturated rings. The predicted molar refractivity (Wildman–Crippen MR) is 74.2 cm³/mol. The zero-order valence-corrected chi connectivity index (χ0v) is 11.8. The quantitative estimate of drug-likeness (QED) is 0.785. The first-order valence-corrected chi connectivity index (χ1v) is 6.75. The Morgan fingerprint density at radius 3 is 2.59 bits per heavy atom. The molecule has 1 aromatic heterocycles. The lowest BCUT2D eigenvalue weighted by atomic mass is 9.95. The SMILES string of the molecule is CC(Cc1cnn(C)c1)C(Br)c1ccccc1. The minimum Gasteiger partial charge on any atom is -0.276 e. The zero-order chi connectivity index (χ0) is 12.3. The van der Waals surface area contributed by atoms with Crippen molar-refractivity contribution in [3.63, 3.8) is 0 Å². The molecule has 0 spiro atoms. The van der Waals surface area contributed by atoms with Gasteiger partial charge in [0.1, 0.15) is 0 Å². The van der Waals surface area contributed by atoms with Gasteiger partial charge in [-0.25, -0.2) is 0 Å². The minimum absolute atomic E-state index is 0.393. The van der Waals surface area contributed by atoms with Gasteiger partial charge in [0.05, 0.1) is 6.20 Å². The molecule has 2 atom stereocenters. The van der Waals surface area contributed by atoms with Gasteiger partial charge < -0.3 is 0 Å². The van der Waals surface area contributed by atoms with E-state index in [-0.39, 0.29) is 0 Å². The molecule has 1 aromatic carbocycles. The van der Waals surface area contributed by atoms with Crippen molar-refractivity contribution in [3.05, 3.63) is 53.9 Å². The maximum atomic E-state index is 4.20. The number of rotatable bonds is 4. The molecule has 0 saturated heterocycles. The average molecular weight is 293 g/mol. The third-order valence-electron chi connectivity index (χ3n) is 2.93. The van der Waals surface area contributed by atoms with E-state index in [1.54, 1.807) is 0 Å². The van der Waals surface area contributed by atoms with Crippen LogP contribution in [0.2, 0.25) is 0 Å². The van der Waals surface area contributed by atoms with Gasteiger partial charge in [0.15, 0.2) is 0 Å². The zero-order valence-electron chi connectivity index (χ0n) is 10.2. The first kappa shape index (κ1) is 12.4. The number of aromatic nitrogens is 2. The summed E-state index contributed by atoms with van der Waals surface area (Å²) in [6, 6.07) is 10.5. The summed E-state index contributed by atoms with van der Waals surface area (Å²) in [7, 11) is 1.96. The first-order chi connectivity index (χ1) is 8.16. The Morgan fingerprint density at radius 2 is 2.00 bits per heavy atom. The Balaban J connectivity index is 2.03. The Kier molecular flexibility index (Phi) is 4.00. The minimum atomic E-state index is 0.393. The van der Waals surface area contributed by atoms with Gasteiger partial charge in [0.25, 0.3) is 0 Å². The summed E-state index contributed by atoms with van der Waals surface area (Å²) in [4.78, 5) is 0.393. The summed E-state index contributed by atoms with van der Waals surface area (Å²) >= 11 is 3.79. The Bertz CT molecular complexity index is 464. The fourth-order valence-corrected chi connectivity index (χ4v) is 2.51. The average Bonchev–Trinajstić information content (AvgIpc) is 2.75. The van der Waals surface area contributed by atoms with Crippen molar-refractivity contribution in [2.24, 2.45) is 13.0 Å². The van der Waals surface area contributed by atoms with Gasteiger partial charge >= 0.3 is 0 Å². The fraction of sp³-hybridized carbons (Fsp3) is 0.357. The van der Waals surface area contributed by atoms with Crippen LogP contribution in [-0.4, -0.2) is 9.78 Å². The van der Waals surface area contributed by atoms with E-state index in [4.69, 9.17) is 0 Å². The highest BCUT2D eigenvalue weighted by Gasteiger charge is 2.16. The van der Waals surface area contributed by atoms with Gasteiger partial charge in [-0.3, -0.25) is 4.68 Å². The van der Waals surface area contributed by atoms with E-state index in [9.17, 15) is 0 Å². The summed E-state index contributed by atoms with van der Waals surface area (Å²) in [5.74, 6) is 0.543. The summed E-state index contributed by atoms with van der Waals surface area (Å²) in [6.45, 7) is 2.26. The second kappa shape index (κ2) is 5.50. The van der Waals surface area contributed by atoms with Crippen LogP contribution in [0.5, 0.6) is 0 Å². The molecule has 0 saturated carbocycles. The fourth-order valence-electron chi connectivity index (χ4n) is 2.02. The predicted octanol–water partition coefficient (Wildman–Crippen LogP) is 3.73. The van der Waals surface area contributed by atoms with Crippen LogP contribution in [0.1, 0.15) is 22.9 Å². The Labute approximate surface area is 111 Å². The number of benzene rings is 1. The van der Waals surface area contributed by atoms with E-state index >= 15 is 0 Å². The molecule has 0 amide bonds. The summed E-state index contributed by atoms with van der Waals surface area (Å²) in [6.07, 6.45) is 5.07. The molecule has 0 aliphatic heterocycles. The highest BCUT2D eigenvalue weighted by Crippen LogP contribution is 2.32. The number of aryl methyl sites for hydroxylation is 1. The monoisotopic (exact) mass is 292 g/mol. The van der Waals surface area contributed by atoms with E-state index in [1.807, 2.05) is 17.9 Å². The van der Waals surface area contributed by atoms with Crippen molar-refractivity contribution >= 4 is 15.9 Å². The van der Waals surface area contributed by atoms with Gasteiger partial charge in [0, 0.05) is 18.1 Å². The molecule has 2 aromatic rings. The molecular formula is C14H17BrN2. The van der Waals surface area contributed by atoms with Crippen molar-refractivity contribution in [1.29, 1.82) is 0 Å². The lowest BCUT2D eigenvalue weighted by molar-refractivity contribution is 0.572. The molecule has 1 heterocycles. The highest BCUT2D eigenvalue weighted by molar-refractivity contribution is 9.09. The topological polar surface area (TPSA) is 17.8 Å². The van der Waals surface area contributed by atoms with Gasteiger partial charge in [-0.15, -0.1) is 0 Å². The molecule has 0 bridgehead atoms.